The van der Waals surface area contributed by atoms with Crippen molar-refractivity contribution in [3.8, 4) is 0 Å². The van der Waals surface area contributed by atoms with E-state index in [0.717, 1.165) is 38.4 Å². The average Bonchev–Trinajstić information content (AvgIpc) is 2.69. The number of benzene rings is 2. The summed E-state index contributed by atoms with van der Waals surface area (Å²) in [5.74, 6) is -0.439. The first kappa shape index (κ1) is 21.7. The average molecular weight is 438 g/mol. The Hall–Kier alpha value is -1.97. The van der Waals surface area contributed by atoms with Gasteiger partial charge in [0.25, 0.3) is 0 Å². The number of hydrogen-bond acceptors (Lipinski definition) is 5. The minimum Gasteiger partial charge on any atom is -0.379 e. The third-order valence-corrected chi connectivity index (χ3v) is 6.36. The molecule has 1 amide bonds. The molecule has 2 aromatic rings. The standard InChI is InChI=1S/C20H24ClN3O4S/c1-15(23-29(26,27)19-7-5-17(21)6-8-19)20(25)22-18-4-2-3-16(13-18)14-24-9-11-28-12-10-24/h2-8,13,15,23H,9-12,14H2,1H3,(H,22,25)/t15-/m0/s1. The SMILES string of the molecule is C[C@H](NS(=O)(=O)c1ccc(Cl)cc1)C(=O)Nc1cccc(CN2CCOCC2)c1. The van der Waals surface area contributed by atoms with Crippen LogP contribution in [0.5, 0.6) is 0 Å². The lowest BCUT2D eigenvalue weighted by atomic mass is 10.1. The van der Waals surface area contributed by atoms with Crippen molar-refractivity contribution >= 4 is 33.2 Å². The van der Waals surface area contributed by atoms with Crippen LogP contribution in [-0.2, 0) is 26.1 Å². The zero-order chi connectivity index (χ0) is 20.9. The fourth-order valence-electron chi connectivity index (χ4n) is 2.98. The van der Waals surface area contributed by atoms with Gasteiger partial charge in [-0.2, -0.15) is 4.72 Å². The third kappa shape index (κ3) is 6.25. The van der Waals surface area contributed by atoms with Crippen LogP contribution in [-0.4, -0.2) is 51.6 Å². The van der Waals surface area contributed by atoms with Crippen LogP contribution in [0.15, 0.2) is 53.4 Å². The molecule has 0 radical (unpaired) electrons. The molecule has 156 valence electrons. The smallest absolute Gasteiger partial charge is 0.242 e. The summed E-state index contributed by atoms with van der Waals surface area (Å²) in [4.78, 5) is 14.8. The molecule has 1 saturated heterocycles. The summed E-state index contributed by atoms with van der Waals surface area (Å²) >= 11 is 5.79. The maximum atomic E-state index is 12.5. The Balaban J connectivity index is 1.60. The fourth-order valence-corrected chi connectivity index (χ4v) is 4.31. The van der Waals surface area contributed by atoms with E-state index in [4.69, 9.17) is 16.3 Å². The van der Waals surface area contributed by atoms with E-state index in [9.17, 15) is 13.2 Å². The van der Waals surface area contributed by atoms with Crippen LogP contribution in [0.2, 0.25) is 5.02 Å². The molecule has 3 rings (SSSR count). The Labute approximate surface area is 176 Å². The number of rotatable bonds is 7. The zero-order valence-corrected chi connectivity index (χ0v) is 17.7. The number of halogens is 1. The molecule has 0 aliphatic carbocycles. The van der Waals surface area contributed by atoms with E-state index < -0.39 is 22.0 Å². The zero-order valence-electron chi connectivity index (χ0n) is 16.1. The first-order valence-corrected chi connectivity index (χ1v) is 11.2. The molecule has 0 saturated carbocycles. The largest absolute Gasteiger partial charge is 0.379 e. The first-order chi connectivity index (χ1) is 13.8. The number of nitrogens with zero attached hydrogens (tertiary/aromatic N) is 1. The highest BCUT2D eigenvalue weighted by Gasteiger charge is 2.22. The lowest BCUT2D eigenvalue weighted by Crippen LogP contribution is -2.41. The van der Waals surface area contributed by atoms with Gasteiger partial charge in [0.2, 0.25) is 15.9 Å². The summed E-state index contributed by atoms with van der Waals surface area (Å²) in [6.45, 7) is 5.47. The highest BCUT2D eigenvalue weighted by Crippen LogP contribution is 2.16. The Morgan fingerprint density at radius 1 is 1.17 bits per heavy atom. The van der Waals surface area contributed by atoms with Crippen molar-refractivity contribution in [2.24, 2.45) is 0 Å². The van der Waals surface area contributed by atoms with Gasteiger partial charge in [0, 0.05) is 30.3 Å². The number of hydrogen-bond donors (Lipinski definition) is 2. The third-order valence-electron chi connectivity index (χ3n) is 4.55. The Morgan fingerprint density at radius 2 is 1.86 bits per heavy atom. The van der Waals surface area contributed by atoms with E-state index in [1.807, 2.05) is 18.2 Å². The van der Waals surface area contributed by atoms with Gasteiger partial charge in [-0.15, -0.1) is 0 Å². The Bertz CT molecular complexity index is 944. The number of anilines is 1. The minimum absolute atomic E-state index is 0.0501. The predicted octanol–water partition coefficient (Wildman–Crippen LogP) is 2.48. The lowest BCUT2D eigenvalue weighted by molar-refractivity contribution is -0.117. The molecule has 9 heteroatoms. The van der Waals surface area contributed by atoms with Crippen LogP contribution >= 0.6 is 11.6 Å². The van der Waals surface area contributed by atoms with E-state index in [1.165, 1.54) is 31.2 Å². The van der Waals surface area contributed by atoms with E-state index in [-0.39, 0.29) is 4.90 Å². The van der Waals surface area contributed by atoms with E-state index in [2.05, 4.69) is 14.9 Å². The summed E-state index contributed by atoms with van der Waals surface area (Å²) < 4.78 is 32.6. The second-order valence-electron chi connectivity index (χ2n) is 6.88. The van der Waals surface area contributed by atoms with Gasteiger partial charge in [0.15, 0.2) is 0 Å². The van der Waals surface area contributed by atoms with Gasteiger partial charge in [-0.3, -0.25) is 9.69 Å². The molecule has 0 aromatic heterocycles. The molecule has 1 aliphatic rings. The van der Waals surface area contributed by atoms with Gasteiger partial charge >= 0.3 is 0 Å². The molecule has 29 heavy (non-hydrogen) atoms. The highest BCUT2D eigenvalue weighted by molar-refractivity contribution is 7.89. The van der Waals surface area contributed by atoms with Gasteiger partial charge in [-0.05, 0) is 48.9 Å². The summed E-state index contributed by atoms with van der Waals surface area (Å²) in [6.07, 6.45) is 0. The summed E-state index contributed by atoms with van der Waals surface area (Å²) in [6, 6.07) is 12.4. The number of morpholine rings is 1. The monoisotopic (exact) mass is 437 g/mol. The molecule has 1 fully saturated rings. The van der Waals surface area contributed by atoms with E-state index >= 15 is 0 Å². The van der Waals surface area contributed by atoms with Crippen molar-refractivity contribution in [2.75, 3.05) is 31.6 Å². The first-order valence-electron chi connectivity index (χ1n) is 9.31. The number of ether oxygens (including phenoxy) is 1. The number of carbonyl (C=O) groups is 1. The van der Waals surface area contributed by atoms with Crippen molar-refractivity contribution in [2.45, 2.75) is 24.4 Å². The molecule has 0 unspecified atom stereocenters. The normalized spacial score (nSPS) is 16.3. The number of amides is 1. The van der Waals surface area contributed by atoms with E-state index in [0.29, 0.717) is 10.7 Å². The van der Waals surface area contributed by atoms with Crippen LogP contribution in [0, 0.1) is 0 Å². The minimum atomic E-state index is -3.83. The van der Waals surface area contributed by atoms with Gasteiger partial charge in [0.1, 0.15) is 0 Å². The van der Waals surface area contributed by atoms with Gasteiger partial charge < -0.3 is 10.1 Å². The number of sulfonamides is 1. The van der Waals surface area contributed by atoms with Gasteiger partial charge in [0.05, 0.1) is 24.2 Å². The second kappa shape index (κ2) is 9.69. The van der Waals surface area contributed by atoms with Crippen molar-refractivity contribution in [1.29, 1.82) is 0 Å². The predicted molar refractivity (Wildman–Crippen MR) is 112 cm³/mol. The molecule has 1 aliphatic heterocycles. The summed E-state index contributed by atoms with van der Waals surface area (Å²) in [5, 5.41) is 3.21. The number of carbonyl (C=O) groups excluding carboxylic acids is 1. The van der Waals surface area contributed by atoms with Crippen LogP contribution in [0.4, 0.5) is 5.69 Å². The molecule has 0 spiro atoms. The Kier molecular flexibility index (Phi) is 7.26. The van der Waals surface area contributed by atoms with E-state index in [1.54, 1.807) is 6.07 Å². The van der Waals surface area contributed by atoms with Crippen LogP contribution in [0.3, 0.4) is 0 Å². The molecule has 7 nitrogen and oxygen atoms in total. The van der Waals surface area contributed by atoms with Gasteiger partial charge in [-0.25, -0.2) is 8.42 Å². The Morgan fingerprint density at radius 3 is 2.55 bits per heavy atom. The van der Waals surface area contributed by atoms with Gasteiger partial charge in [-0.1, -0.05) is 23.7 Å². The topological polar surface area (TPSA) is 87.7 Å². The molecular weight excluding hydrogens is 414 g/mol. The van der Waals surface area contributed by atoms with Crippen LogP contribution in [0.1, 0.15) is 12.5 Å². The maximum absolute atomic E-state index is 12.5. The molecule has 1 atom stereocenters. The molecule has 2 N–H and O–H groups in total. The molecule has 2 aromatic carbocycles. The quantitative estimate of drug-likeness (QED) is 0.694. The summed E-state index contributed by atoms with van der Waals surface area (Å²) in [7, 11) is -3.83. The fraction of sp³-hybridized carbons (Fsp3) is 0.350. The lowest BCUT2D eigenvalue weighted by Gasteiger charge is -2.26. The van der Waals surface area contributed by atoms with Crippen molar-refractivity contribution < 1.29 is 17.9 Å². The van der Waals surface area contributed by atoms with Crippen LogP contribution in [0.25, 0.3) is 0 Å². The highest BCUT2D eigenvalue weighted by atomic mass is 35.5. The maximum Gasteiger partial charge on any atom is 0.242 e. The molecule has 0 bridgehead atoms. The van der Waals surface area contributed by atoms with Crippen LogP contribution < -0.4 is 10.0 Å². The molecular formula is C20H24ClN3O4S. The van der Waals surface area contributed by atoms with Crippen molar-refractivity contribution in [1.82, 2.24) is 9.62 Å². The summed E-state index contributed by atoms with van der Waals surface area (Å²) in [5.41, 5.74) is 1.69. The van der Waals surface area contributed by atoms with Crippen molar-refractivity contribution in [3.05, 3.63) is 59.1 Å². The molecule has 1 heterocycles. The second-order valence-corrected chi connectivity index (χ2v) is 9.03. The number of nitrogens with one attached hydrogen (secondary N) is 2. The van der Waals surface area contributed by atoms with Crippen molar-refractivity contribution in [3.63, 3.8) is 0 Å².